The second-order valence-corrected chi connectivity index (χ2v) is 8.37. The van der Waals surface area contributed by atoms with Gasteiger partial charge in [0.15, 0.2) is 0 Å². The van der Waals surface area contributed by atoms with E-state index in [9.17, 15) is 24.0 Å². The third kappa shape index (κ3) is 7.41. The third-order valence-corrected chi connectivity index (χ3v) is 5.78. The van der Waals surface area contributed by atoms with Crippen molar-refractivity contribution in [1.29, 1.82) is 0 Å². The molecule has 35 heavy (non-hydrogen) atoms. The van der Waals surface area contributed by atoms with E-state index in [0.29, 0.717) is 57.3 Å². The Kier molecular flexibility index (Phi) is 9.01. The molecule has 1 aromatic rings. The summed E-state index contributed by atoms with van der Waals surface area (Å²) in [5.41, 5.74) is 1.11. The molecule has 0 saturated carbocycles. The predicted molar refractivity (Wildman–Crippen MR) is 128 cm³/mol. The molecular weight excluding hydrogens is 456 g/mol. The van der Waals surface area contributed by atoms with Crippen molar-refractivity contribution in [3.63, 3.8) is 0 Å². The van der Waals surface area contributed by atoms with Gasteiger partial charge in [-0.05, 0) is 31.2 Å². The maximum Gasteiger partial charge on any atom is 0.409 e. The van der Waals surface area contributed by atoms with Crippen LogP contribution >= 0.6 is 0 Å². The van der Waals surface area contributed by atoms with E-state index < -0.39 is 11.9 Å². The van der Waals surface area contributed by atoms with E-state index in [4.69, 9.17) is 4.74 Å². The van der Waals surface area contributed by atoms with Crippen LogP contribution in [0, 0.1) is 0 Å². The summed E-state index contributed by atoms with van der Waals surface area (Å²) in [7, 11) is 0. The number of piperazine rings is 2. The van der Waals surface area contributed by atoms with Crippen molar-refractivity contribution >= 4 is 41.1 Å². The van der Waals surface area contributed by atoms with E-state index in [2.05, 4.69) is 16.0 Å². The molecule has 2 fully saturated rings. The highest BCUT2D eigenvalue weighted by molar-refractivity contribution is 5.98. The summed E-state index contributed by atoms with van der Waals surface area (Å²) in [5, 5.41) is 8.09. The summed E-state index contributed by atoms with van der Waals surface area (Å²) in [6.45, 7) is 6.16. The molecule has 1 atom stereocenters. The highest BCUT2D eigenvalue weighted by Crippen LogP contribution is 2.16. The normalized spacial score (nSPS) is 18.5. The molecule has 0 aliphatic carbocycles. The van der Waals surface area contributed by atoms with E-state index >= 15 is 0 Å². The number of nitrogens with zero attached hydrogens (tertiary/aromatic N) is 3. The number of anilines is 2. The average molecular weight is 489 g/mol. The summed E-state index contributed by atoms with van der Waals surface area (Å²) < 4.78 is 5.01. The molecule has 0 unspecified atom stereocenters. The zero-order valence-corrected chi connectivity index (χ0v) is 20.0. The summed E-state index contributed by atoms with van der Waals surface area (Å²) in [6, 6.07) is 5.69. The van der Waals surface area contributed by atoms with Crippen LogP contribution in [0.15, 0.2) is 24.3 Å². The van der Waals surface area contributed by atoms with Crippen LogP contribution in [-0.4, -0.2) is 103 Å². The number of rotatable bonds is 7. The maximum absolute atomic E-state index is 13.0. The molecule has 2 aliphatic rings. The minimum absolute atomic E-state index is 0.104. The van der Waals surface area contributed by atoms with Crippen molar-refractivity contribution in [2.24, 2.45) is 0 Å². The molecule has 12 nitrogen and oxygen atoms in total. The van der Waals surface area contributed by atoms with Crippen molar-refractivity contribution in [3.8, 4) is 0 Å². The van der Waals surface area contributed by atoms with Gasteiger partial charge in [0, 0.05) is 57.6 Å². The first-order chi connectivity index (χ1) is 16.8. The second-order valence-electron chi connectivity index (χ2n) is 8.37. The van der Waals surface area contributed by atoms with Gasteiger partial charge in [0.05, 0.1) is 19.6 Å². The fraction of sp³-hybridized carbons (Fsp3) is 0.522. The van der Waals surface area contributed by atoms with Gasteiger partial charge < -0.3 is 30.5 Å². The average Bonchev–Trinajstić information content (AvgIpc) is 2.82. The Morgan fingerprint density at radius 2 is 1.63 bits per heavy atom. The Bertz CT molecular complexity index is 944. The first-order valence-electron chi connectivity index (χ1n) is 11.7. The SMILES string of the molecule is CCOC(=O)N1CCN(CC(=O)N2CCNC(=O)[C@H]2CC(=O)Nc2ccc(NC(C)=O)cc2)CC1. The molecular formula is C23H32N6O6. The Balaban J connectivity index is 1.54. The van der Waals surface area contributed by atoms with Crippen LogP contribution < -0.4 is 16.0 Å². The molecule has 3 N–H and O–H groups in total. The lowest BCUT2D eigenvalue weighted by atomic mass is 10.1. The van der Waals surface area contributed by atoms with Crippen LogP contribution in [0.2, 0.25) is 0 Å². The molecule has 2 heterocycles. The quantitative estimate of drug-likeness (QED) is 0.494. The standard InChI is InChI=1S/C23H32N6O6/c1-3-35-23(34)28-12-10-27(11-13-28)15-21(32)29-9-8-24-22(33)19(29)14-20(31)26-18-6-4-17(5-7-18)25-16(2)30/h4-7,19H,3,8-15H2,1-2H3,(H,24,33)(H,25,30)(H,26,31)/t19-/m1/s1. The molecule has 0 radical (unpaired) electrons. The van der Waals surface area contributed by atoms with Gasteiger partial charge in [-0.3, -0.25) is 24.1 Å². The zero-order chi connectivity index (χ0) is 25.4. The monoisotopic (exact) mass is 488 g/mol. The summed E-state index contributed by atoms with van der Waals surface area (Å²) >= 11 is 0. The number of carbonyl (C=O) groups is 5. The number of nitrogens with one attached hydrogen (secondary N) is 3. The lowest BCUT2D eigenvalue weighted by molar-refractivity contribution is -0.145. The fourth-order valence-corrected chi connectivity index (χ4v) is 4.03. The lowest BCUT2D eigenvalue weighted by Gasteiger charge is -2.38. The van der Waals surface area contributed by atoms with Crippen LogP contribution in [0.5, 0.6) is 0 Å². The van der Waals surface area contributed by atoms with E-state index in [1.807, 2.05) is 4.90 Å². The largest absolute Gasteiger partial charge is 0.450 e. The van der Waals surface area contributed by atoms with Crippen molar-refractivity contribution < 1.29 is 28.7 Å². The van der Waals surface area contributed by atoms with Gasteiger partial charge in [-0.25, -0.2) is 4.79 Å². The van der Waals surface area contributed by atoms with Gasteiger partial charge in [0.2, 0.25) is 23.6 Å². The van der Waals surface area contributed by atoms with Crippen LogP contribution in [0.3, 0.4) is 0 Å². The lowest BCUT2D eigenvalue weighted by Crippen LogP contribution is -2.60. The Morgan fingerprint density at radius 1 is 1.00 bits per heavy atom. The highest BCUT2D eigenvalue weighted by Gasteiger charge is 2.35. The van der Waals surface area contributed by atoms with Crippen LogP contribution in [0.1, 0.15) is 20.3 Å². The van der Waals surface area contributed by atoms with E-state index in [0.717, 1.165) is 0 Å². The van der Waals surface area contributed by atoms with Gasteiger partial charge in [0.25, 0.3) is 0 Å². The number of hydrogen-bond donors (Lipinski definition) is 3. The van der Waals surface area contributed by atoms with Crippen LogP contribution in [0.4, 0.5) is 16.2 Å². The van der Waals surface area contributed by atoms with E-state index in [1.54, 1.807) is 36.1 Å². The third-order valence-electron chi connectivity index (χ3n) is 5.78. The minimum atomic E-state index is -0.907. The zero-order valence-electron chi connectivity index (χ0n) is 20.0. The van der Waals surface area contributed by atoms with E-state index in [-0.39, 0.29) is 36.8 Å². The summed E-state index contributed by atoms with van der Waals surface area (Å²) in [6.07, 6.45) is -0.538. The molecule has 12 heteroatoms. The highest BCUT2D eigenvalue weighted by atomic mass is 16.6. The first-order valence-corrected chi connectivity index (χ1v) is 11.7. The molecule has 0 spiro atoms. The molecule has 0 aromatic heterocycles. The minimum Gasteiger partial charge on any atom is -0.450 e. The van der Waals surface area contributed by atoms with E-state index in [1.165, 1.54) is 11.8 Å². The molecule has 5 amide bonds. The molecule has 2 aliphatic heterocycles. The van der Waals surface area contributed by atoms with Gasteiger partial charge in [-0.15, -0.1) is 0 Å². The molecule has 0 bridgehead atoms. The number of hydrogen-bond acceptors (Lipinski definition) is 7. The Hall–Kier alpha value is -3.67. The maximum atomic E-state index is 13.0. The first kappa shape index (κ1) is 25.9. The molecule has 190 valence electrons. The smallest absolute Gasteiger partial charge is 0.409 e. The number of ether oxygens (including phenoxy) is 1. The van der Waals surface area contributed by atoms with Gasteiger partial charge >= 0.3 is 6.09 Å². The summed E-state index contributed by atoms with van der Waals surface area (Å²) in [4.78, 5) is 66.2. The fourth-order valence-electron chi connectivity index (χ4n) is 4.03. The summed E-state index contributed by atoms with van der Waals surface area (Å²) in [5.74, 6) is -1.20. The van der Waals surface area contributed by atoms with Crippen molar-refractivity contribution in [2.45, 2.75) is 26.3 Å². The second kappa shape index (κ2) is 12.2. The Labute approximate surface area is 203 Å². The molecule has 2 saturated heterocycles. The van der Waals surface area contributed by atoms with Gasteiger partial charge in [-0.1, -0.05) is 0 Å². The topological polar surface area (TPSA) is 140 Å². The molecule has 1 aromatic carbocycles. The van der Waals surface area contributed by atoms with Crippen molar-refractivity contribution in [2.75, 3.05) is 63.1 Å². The van der Waals surface area contributed by atoms with Crippen molar-refractivity contribution in [3.05, 3.63) is 24.3 Å². The predicted octanol–water partition coefficient (Wildman–Crippen LogP) is 0.0747. The number of carbonyl (C=O) groups excluding carboxylic acids is 5. The van der Waals surface area contributed by atoms with Crippen LogP contribution in [-0.2, 0) is 23.9 Å². The van der Waals surface area contributed by atoms with Gasteiger partial charge in [-0.2, -0.15) is 0 Å². The van der Waals surface area contributed by atoms with Gasteiger partial charge in [0.1, 0.15) is 6.04 Å². The Morgan fingerprint density at radius 3 is 2.23 bits per heavy atom. The van der Waals surface area contributed by atoms with Crippen molar-refractivity contribution in [1.82, 2.24) is 20.0 Å². The number of amides is 5. The number of benzene rings is 1. The van der Waals surface area contributed by atoms with Crippen LogP contribution in [0.25, 0.3) is 0 Å². The molecule has 3 rings (SSSR count).